The number of rotatable bonds is 3. The summed E-state index contributed by atoms with van der Waals surface area (Å²) in [6, 6.07) is 6.69. The van der Waals surface area contributed by atoms with Crippen molar-refractivity contribution in [2.75, 3.05) is 13.7 Å². The molecule has 0 saturated heterocycles. The maximum Gasteiger partial charge on any atom is 0.0876 e. The highest BCUT2D eigenvalue weighted by atomic mass is 79.9. The van der Waals surface area contributed by atoms with E-state index in [0.29, 0.717) is 0 Å². The van der Waals surface area contributed by atoms with Crippen LogP contribution in [0.2, 0.25) is 0 Å². The summed E-state index contributed by atoms with van der Waals surface area (Å²) in [6.07, 6.45) is 4.15. The zero-order valence-electron chi connectivity index (χ0n) is 10.3. The highest BCUT2D eigenvalue weighted by Crippen LogP contribution is 2.30. The summed E-state index contributed by atoms with van der Waals surface area (Å²) in [5.41, 5.74) is 3.96. The quantitative estimate of drug-likeness (QED) is 0.918. The summed E-state index contributed by atoms with van der Waals surface area (Å²) < 4.78 is 6.57. The first-order chi connectivity index (χ1) is 8.22. The topological polar surface area (TPSA) is 21.3 Å². The van der Waals surface area contributed by atoms with Gasteiger partial charge in [-0.25, -0.2) is 0 Å². The van der Waals surface area contributed by atoms with Crippen LogP contribution < -0.4 is 5.32 Å². The van der Waals surface area contributed by atoms with Crippen molar-refractivity contribution in [2.24, 2.45) is 0 Å². The molecule has 0 aliphatic carbocycles. The van der Waals surface area contributed by atoms with E-state index in [1.807, 2.05) is 13.3 Å². The molecule has 17 heavy (non-hydrogen) atoms. The molecule has 0 radical (unpaired) electrons. The van der Waals surface area contributed by atoms with Gasteiger partial charge in [0, 0.05) is 4.47 Å². The van der Waals surface area contributed by atoms with Gasteiger partial charge in [-0.15, -0.1) is 0 Å². The standard InChI is InChI=1S/C14H18BrNO/c1-10-8-12(15)5-6-13(10)14(16-2)11-4-3-7-17-9-11/h5-6,8-9,14,16H,3-4,7H2,1-2H3. The first-order valence-electron chi connectivity index (χ1n) is 5.96. The van der Waals surface area contributed by atoms with E-state index in [2.05, 4.69) is 46.4 Å². The highest BCUT2D eigenvalue weighted by molar-refractivity contribution is 9.10. The Morgan fingerprint density at radius 1 is 1.41 bits per heavy atom. The van der Waals surface area contributed by atoms with Gasteiger partial charge in [0.25, 0.3) is 0 Å². The minimum Gasteiger partial charge on any atom is -0.501 e. The second-order valence-electron chi connectivity index (χ2n) is 4.39. The molecule has 1 aromatic rings. The largest absolute Gasteiger partial charge is 0.501 e. The molecule has 0 aromatic heterocycles. The molecule has 1 aromatic carbocycles. The zero-order valence-corrected chi connectivity index (χ0v) is 11.9. The lowest BCUT2D eigenvalue weighted by molar-refractivity contribution is 0.220. The molecule has 0 spiro atoms. The van der Waals surface area contributed by atoms with Crippen LogP contribution in [0.3, 0.4) is 0 Å². The van der Waals surface area contributed by atoms with Crippen LogP contribution in [-0.4, -0.2) is 13.7 Å². The monoisotopic (exact) mass is 295 g/mol. The second-order valence-corrected chi connectivity index (χ2v) is 5.31. The van der Waals surface area contributed by atoms with Crippen molar-refractivity contribution in [2.45, 2.75) is 25.8 Å². The third-order valence-electron chi connectivity index (χ3n) is 3.16. The van der Waals surface area contributed by atoms with E-state index in [1.165, 1.54) is 16.7 Å². The van der Waals surface area contributed by atoms with Crippen molar-refractivity contribution in [3.63, 3.8) is 0 Å². The van der Waals surface area contributed by atoms with Crippen LogP contribution in [0.25, 0.3) is 0 Å². The van der Waals surface area contributed by atoms with Gasteiger partial charge in [-0.1, -0.05) is 22.0 Å². The Bertz CT molecular complexity index is 428. The van der Waals surface area contributed by atoms with Crippen LogP contribution in [0.15, 0.2) is 34.5 Å². The van der Waals surface area contributed by atoms with Crippen LogP contribution in [0.1, 0.15) is 30.0 Å². The zero-order chi connectivity index (χ0) is 12.3. The number of ether oxygens (including phenoxy) is 1. The van der Waals surface area contributed by atoms with Crippen molar-refractivity contribution >= 4 is 15.9 Å². The van der Waals surface area contributed by atoms with Crippen molar-refractivity contribution in [3.05, 3.63) is 45.6 Å². The minimum atomic E-state index is 0.267. The van der Waals surface area contributed by atoms with E-state index in [9.17, 15) is 0 Å². The molecule has 92 valence electrons. The number of aryl methyl sites for hydroxylation is 1. The van der Waals surface area contributed by atoms with Crippen molar-refractivity contribution < 1.29 is 4.74 Å². The van der Waals surface area contributed by atoms with Crippen LogP contribution >= 0.6 is 15.9 Å². The summed E-state index contributed by atoms with van der Waals surface area (Å²) in [6.45, 7) is 2.99. The maximum absolute atomic E-state index is 5.44. The molecule has 2 nitrogen and oxygen atoms in total. The van der Waals surface area contributed by atoms with E-state index >= 15 is 0 Å². The lowest BCUT2D eigenvalue weighted by Gasteiger charge is -2.24. The smallest absolute Gasteiger partial charge is 0.0876 e. The van der Waals surface area contributed by atoms with Crippen LogP contribution in [0, 0.1) is 6.92 Å². The van der Waals surface area contributed by atoms with Gasteiger partial charge in [0.2, 0.25) is 0 Å². The molecule has 0 bridgehead atoms. The lowest BCUT2D eigenvalue weighted by atomic mass is 9.92. The first-order valence-corrected chi connectivity index (χ1v) is 6.75. The summed E-state index contributed by atoms with van der Waals surface area (Å²) in [5, 5.41) is 3.38. The first kappa shape index (κ1) is 12.7. The third-order valence-corrected chi connectivity index (χ3v) is 3.66. The van der Waals surface area contributed by atoms with Gasteiger partial charge in [0.1, 0.15) is 0 Å². The molecule has 0 amide bonds. The van der Waals surface area contributed by atoms with Gasteiger partial charge in [-0.2, -0.15) is 0 Å². The summed E-state index contributed by atoms with van der Waals surface area (Å²) >= 11 is 3.50. The summed E-state index contributed by atoms with van der Waals surface area (Å²) in [4.78, 5) is 0. The highest BCUT2D eigenvalue weighted by Gasteiger charge is 2.18. The fourth-order valence-corrected chi connectivity index (χ4v) is 2.78. The average molecular weight is 296 g/mol. The van der Waals surface area contributed by atoms with Gasteiger partial charge in [0.15, 0.2) is 0 Å². The van der Waals surface area contributed by atoms with Crippen LogP contribution in [-0.2, 0) is 4.74 Å². The fourth-order valence-electron chi connectivity index (χ4n) is 2.30. The Morgan fingerprint density at radius 3 is 2.82 bits per heavy atom. The summed E-state index contributed by atoms with van der Waals surface area (Å²) in [7, 11) is 2.00. The van der Waals surface area contributed by atoms with Crippen molar-refractivity contribution in [1.29, 1.82) is 0 Å². The van der Waals surface area contributed by atoms with Gasteiger partial charge < -0.3 is 10.1 Å². The molecule has 2 rings (SSSR count). The molecule has 1 atom stereocenters. The van der Waals surface area contributed by atoms with Gasteiger partial charge in [-0.3, -0.25) is 0 Å². The normalized spacial score (nSPS) is 17.2. The van der Waals surface area contributed by atoms with E-state index in [0.717, 1.165) is 23.9 Å². The van der Waals surface area contributed by atoms with E-state index in [4.69, 9.17) is 4.74 Å². The van der Waals surface area contributed by atoms with E-state index in [1.54, 1.807) is 0 Å². The maximum atomic E-state index is 5.44. The summed E-state index contributed by atoms with van der Waals surface area (Å²) in [5.74, 6) is 0. The van der Waals surface area contributed by atoms with Gasteiger partial charge >= 0.3 is 0 Å². The second kappa shape index (κ2) is 5.69. The number of hydrogen-bond acceptors (Lipinski definition) is 2. The molecule has 1 N–H and O–H groups in total. The van der Waals surface area contributed by atoms with Crippen molar-refractivity contribution in [3.8, 4) is 0 Å². The lowest BCUT2D eigenvalue weighted by Crippen LogP contribution is -2.21. The molecular formula is C14H18BrNO. The predicted molar refractivity (Wildman–Crippen MR) is 73.9 cm³/mol. The Labute approximate surface area is 111 Å². The number of benzene rings is 1. The Hall–Kier alpha value is -0.800. The van der Waals surface area contributed by atoms with E-state index < -0.39 is 0 Å². The van der Waals surface area contributed by atoms with Crippen molar-refractivity contribution in [1.82, 2.24) is 5.32 Å². The Morgan fingerprint density at radius 2 is 2.24 bits per heavy atom. The average Bonchev–Trinajstić information content (AvgIpc) is 2.34. The molecular weight excluding hydrogens is 278 g/mol. The van der Waals surface area contributed by atoms with Gasteiger partial charge in [-0.05, 0) is 55.6 Å². The molecule has 1 unspecified atom stereocenters. The molecule has 1 heterocycles. The van der Waals surface area contributed by atoms with E-state index in [-0.39, 0.29) is 6.04 Å². The third kappa shape index (κ3) is 2.90. The molecule has 0 fully saturated rings. The van der Waals surface area contributed by atoms with Crippen LogP contribution in [0.4, 0.5) is 0 Å². The Kier molecular flexibility index (Phi) is 4.24. The Balaban J connectivity index is 2.31. The number of halogens is 1. The molecule has 0 saturated carbocycles. The van der Waals surface area contributed by atoms with Gasteiger partial charge in [0.05, 0.1) is 18.9 Å². The van der Waals surface area contributed by atoms with Crippen LogP contribution in [0.5, 0.6) is 0 Å². The minimum absolute atomic E-state index is 0.267. The molecule has 3 heteroatoms. The SMILES string of the molecule is CNC(C1=COCCC1)c1ccc(Br)cc1C. The molecule has 1 aliphatic rings. The predicted octanol–water partition coefficient (Wildman–Crippen LogP) is 3.71. The molecule has 1 aliphatic heterocycles. The number of nitrogens with one attached hydrogen (secondary N) is 1. The fraction of sp³-hybridized carbons (Fsp3) is 0.429. The number of likely N-dealkylation sites (N-methyl/N-ethyl adjacent to an activating group) is 1. The number of hydrogen-bond donors (Lipinski definition) is 1.